The van der Waals surface area contributed by atoms with Crippen LogP contribution in [0.15, 0.2) is 23.1 Å². The molecule has 4 nitrogen and oxygen atoms in total. The SMILES string of the molecule is CC(C)(C)NS(=O)(=O)c1cc(Cl)cc(CNCl)c1. The Hall–Kier alpha value is -0.330. The van der Waals surface area contributed by atoms with Gasteiger partial charge in [-0.05, 0) is 56.3 Å². The van der Waals surface area contributed by atoms with Gasteiger partial charge in [0.1, 0.15) is 0 Å². The van der Waals surface area contributed by atoms with Crippen molar-refractivity contribution >= 4 is 33.4 Å². The molecule has 0 aliphatic carbocycles. The van der Waals surface area contributed by atoms with Crippen molar-refractivity contribution in [2.45, 2.75) is 37.8 Å². The van der Waals surface area contributed by atoms with E-state index in [4.69, 9.17) is 23.4 Å². The fraction of sp³-hybridized carbons (Fsp3) is 0.455. The highest BCUT2D eigenvalue weighted by Gasteiger charge is 2.22. The Morgan fingerprint density at radius 2 is 1.83 bits per heavy atom. The van der Waals surface area contributed by atoms with Crippen LogP contribution in [-0.2, 0) is 16.6 Å². The zero-order valence-corrected chi connectivity index (χ0v) is 12.7. The van der Waals surface area contributed by atoms with E-state index in [1.54, 1.807) is 26.8 Å². The van der Waals surface area contributed by atoms with Gasteiger partial charge >= 0.3 is 0 Å². The normalized spacial score (nSPS) is 12.7. The summed E-state index contributed by atoms with van der Waals surface area (Å²) in [6.45, 7) is 5.66. The second-order valence-electron chi connectivity index (χ2n) is 4.96. The van der Waals surface area contributed by atoms with Gasteiger partial charge in [0.15, 0.2) is 0 Å². The maximum absolute atomic E-state index is 12.1. The molecule has 0 aliphatic heterocycles. The molecule has 0 aromatic heterocycles. The molecule has 0 unspecified atom stereocenters. The van der Waals surface area contributed by atoms with Gasteiger partial charge in [-0.1, -0.05) is 11.6 Å². The van der Waals surface area contributed by atoms with Crippen molar-refractivity contribution in [1.82, 2.24) is 9.56 Å². The zero-order chi connectivity index (χ0) is 14.0. The largest absolute Gasteiger partial charge is 0.241 e. The summed E-state index contributed by atoms with van der Waals surface area (Å²) in [5.74, 6) is 0. The van der Waals surface area contributed by atoms with Crippen molar-refractivity contribution < 1.29 is 8.42 Å². The van der Waals surface area contributed by atoms with Gasteiger partial charge in [-0.15, -0.1) is 0 Å². The Morgan fingerprint density at radius 3 is 2.33 bits per heavy atom. The number of hydrogen-bond acceptors (Lipinski definition) is 3. The molecule has 0 saturated heterocycles. The molecule has 0 heterocycles. The van der Waals surface area contributed by atoms with Crippen LogP contribution in [0, 0.1) is 0 Å². The van der Waals surface area contributed by atoms with Crippen LogP contribution in [-0.4, -0.2) is 14.0 Å². The standard InChI is InChI=1S/C11H16Cl2N2O2S/c1-11(2,3)15-18(16,17)10-5-8(7-14-13)4-9(12)6-10/h4-6,14-15H,7H2,1-3H3. The lowest BCUT2D eigenvalue weighted by Gasteiger charge is -2.20. The van der Waals surface area contributed by atoms with E-state index in [1.165, 1.54) is 12.1 Å². The first kappa shape index (κ1) is 15.7. The van der Waals surface area contributed by atoms with Gasteiger partial charge in [0, 0.05) is 17.1 Å². The molecule has 18 heavy (non-hydrogen) atoms. The number of hydrogen-bond donors (Lipinski definition) is 2. The maximum atomic E-state index is 12.1. The van der Waals surface area contributed by atoms with Crippen LogP contribution in [0.25, 0.3) is 0 Å². The van der Waals surface area contributed by atoms with Gasteiger partial charge in [0.25, 0.3) is 0 Å². The molecular weight excluding hydrogens is 295 g/mol. The van der Waals surface area contributed by atoms with E-state index in [0.717, 1.165) is 0 Å². The summed E-state index contributed by atoms with van der Waals surface area (Å²) < 4.78 is 26.8. The Morgan fingerprint density at radius 1 is 1.22 bits per heavy atom. The molecule has 1 aromatic rings. The first-order valence-electron chi connectivity index (χ1n) is 5.31. The average Bonchev–Trinajstić information content (AvgIpc) is 2.13. The van der Waals surface area contributed by atoms with Gasteiger partial charge in [-0.2, -0.15) is 0 Å². The Labute approximate surface area is 118 Å². The van der Waals surface area contributed by atoms with Crippen molar-refractivity contribution in [1.29, 1.82) is 0 Å². The smallest absolute Gasteiger partial charge is 0.229 e. The molecule has 0 spiro atoms. The molecule has 2 N–H and O–H groups in total. The highest BCUT2D eigenvalue weighted by molar-refractivity contribution is 7.89. The fourth-order valence-corrected chi connectivity index (χ4v) is 3.41. The zero-order valence-electron chi connectivity index (χ0n) is 10.4. The molecular formula is C11H16Cl2N2O2S. The number of rotatable bonds is 4. The van der Waals surface area contributed by atoms with Crippen molar-refractivity contribution in [3.63, 3.8) is 0 Å². The van der Waals surface area contributed by atoms with Crippen LogP contribution < -0.4 is 9.56 Å². The van der Waals surface area contributed by atoms with Crippen LogP contribution in [0.5, 0.6) is 0 Å². The molecule has 0 aliphatic rings. The van der Waals surface area contributed by atoms with Crippen molar-refractivity contribution in [3.8, 4) is 0 Å². The van der Waals surface area contributed by atoms with Gasteiger partial charge in [0.2, 0.25) is 10.0 Å². The number of sulfonamides is 1. The van der Waals surface area contributed by atoms with E-state index >= 15 is 0 Å². The Balaban J connectivity index is 3.16. The first-order valence-corrected chi connectivity index (χ1v) is 7.55. The molecule has 0 saturated carbocycles. The minimum atomic E-state index is -3.59. The third-order valence-electron chi connectivity index (χ3n) is 1.95. The van der Waals surface area contributed by atoms with Crippen LogP contribution in [0.1, 0.15) is 26.3 Å². The Kier molecular flexibility index (Phi) is 5.03. The number of halogens is 2. The highest BCUT2D eigenvalue weighted by Crippen LogP contribution is 2.20. The lowest BCUT2D eigenvalue weighted by atomic mass is 10.1. The second-order valence-corrected chi connectivity index (χ2v) is 7.35. The van der Waals surface area contributed by atoms with E-state index < -0.39 is 15.6 Å². The molecule has 0 radical (unpaired) electrons. The average molecular weight is 311 g/mol. The van der Waals surface area contributed by atoms with E-state index in [9.17, 15) is 8.42 Å². The minimum absolute atomic E-state index is 0.131. The number of benzene rings is 1. The molecule has 102 valence electrons. The molecule has 0 amide bonds. The molecule has 1 rings (SSSR count). The first-order chi connectivity index (χ1) is 8.14. The molecule has 0 bridgehead atoms. The molecule has 7 heteroatoms. The lowest BCUT2D eigenvalue weighted by molar-refractivity contribution is 0.491. The second kappa shape index (κ2) is 5.75. The molecule has 0 fully saturated rings. The fourth-order valence-electron chi connectivity index (χ4n) is 1.42. The predicted molar refractivity (Wildman–Crippen MR) is 74.2 cm³/mol. The van der Waals surface area contributed by atoms with Gasteiger partial charge < -0.3 is 0 Å². The van der Waals surface area contributed by atoms with Crippen molar-refractivity contribution in [3.05, 3.63) is 28.8 Å². The van der Waals surface area contributed by atoms with Crippen LogP contribution >= 0.6 is 23.4 Å². The number of nitrogens with one attached hydrogen (secondary N) is 2. The summed E-state index contributed by atoms with van der Waals surface area (Å²) in [7, 11) is -3.59. The monoisotopic (exact) mass is 310 g/mol. The van der Waals surface area contributed by atoms with Crippen LogP contribution in [0.3, 0.4) is 0 Å². The third kappa shape index (κ3) is 4.74. The summed E-state index contributed by atoms with van der Waals surface area (Å²) in [5.41, 5.74) is 0.151. The lowest BCUT2D eigenvalue weighted by Crippen LogP contribution is -2.40. The summed E-state index contributed by atoms with van der Waals surface area (Å²) >= 11 is 11.3. The van der Waals surface area contributed by atoms with E-state index in [2.05, 4.69) is 9.56 Å². The summed E-state index contributed by atoms with van der Waals surface area (Å²) in [4.78, 5) is 2.57. The van der Waals surface area contributed by atoms with E-state index in [1.807, 2.05) is 0 Å². The third-order valence-corrected chi connectivity index (χ3v) is 4.04. The summed E-state index contributed by atoms with van der Waals surface area (Å²) in [6, 6.07) is 4.61. The highest BCUT2D eigenvalue weighted by atomic mass is 35.5. The van der Waals surface area contributed by atoms with Crippen LogP contribution in [0.2, 0.25) is 5.02 Å². The van der Waals surface area contributed by atoms with Crippen LogP contribution in [0.4, 0.5) is 0 Å². The Bertz CT molecular complexity index is 524. The predicted octanol–water partition coefficient (Wildman–Crippen LogP) is 2.66. The van der Waals surface area contributed by atoms with Gasteiger partial charge in [-0.25, -0.2) is 18.0 Å². The van der Waals surface area contributed by atoms with Gasteiger partial charge in [0.05, 0.1) is 4.90 Å². The van der Waals surface area contributed by atoms with E-state index in [-0.39, 0.29) is 4.90 Å². The van der Waals surface area contributed by atoms with Crippen molar-refractivity contribution in [2.24, 2.45) is 0 Å². The minimum Gasteiger partial charge on any atom is -0.229 e. The molecule has 1 aromatic carbocycles. The van der Waals surface area contributed by atoms with E-state index in [0.29, 0.717) is 17.1 Å². The topological polar surface area (TPSA) is 58.2 Å². The summed E-state index contributed by atoms with van der Waals surface area (Å²) in [6.07, 6.45) is 0. The van der Waals surface area contributed by atoms with Gasteiger partial charge in [-0.3, -0.25) is 0 Å². The maximum Gasteiger partial charge on any atom is 0.241 e. The quantitative estimate of drug-likeness (QED) is 0.841. The molecule has 0 atom stereocenters. The van der Waals surface area contributed by atoms with Crippen molar-refractivity contribution in [2.75, 3.05) is 0 Å². The summed E-state index contributed by atoms with van der Waals surface area (Å²) in [5, 5.41) is 0.355.